The molecule has 2 heterocycles. The summed E-state index contributed by atoms with van der Waals surface area (Å²) in [7, 11) is 1.94. The van der Waals surface area contributed by atoms with E-state index in [9.17, 15) is 4.79 Å². The van der Waals surface area contributed by atoms with Crippen LogP contribution >= 0.6 is 0 Å². The molecule has 0 saturated heterocycles. The molecule has 0 radical (unpaired) electrons. The highest BCUT2D eigenvalue weighted by atomic mass is 16.2. The molecule has 1 N–H and O–H groups in total. The van der Waals surface area contributed by atoms with Crippen LogP contribution < -0.4 is 5.32 Å². The van der Waals surface area contributed by atoms with Crippen LogP contribution in [0.15, 0.2) is 30.5 Å². The van der Waals surface area contributed by atoms with Crippen LogP contribution in [0.3, 0.4) is 0 Å². The molecule has 2 rings (SSSR count). The highest BCUT2D eigenvalue weighted by Gasteiger charge is 2.18. The van der Waals surface area contributed by atoms with Gasteiger partial charge in [0, 0.05) is 18.4 Å². The maximum absolute atomic E-state index is 12.2. The molecular formula is C16H23N5O. The molecule has 2 aromatic heterocycles. The number of hydrogen-bond donors (Lipinski definition) is 1. The zero-order valence-electron chi connectivity index (χ0n) is 13.6. The molecule has 0 bridgehead atoms. The fourth-order valence-electron chi connectivity index (χ4n) is 2.21. The first-order chi connectivity index (χ1) is 10.5. The molecule has 0 unspecified atom stereocenters. The summed E-state index contributed by atoms with van der Waals surface area (Å²) in [5.41, 5.74) is 2.15. The molecule has 0 aliphatic rings. The third kappa shape index (κ3) is 4.14. The Hall–Kier alpha value is -2.21. The van der Waals surface area contributed by atoms with Crippen LogP contribution in [0.1, 0.15) is 18.3 Å². The van der Waals surface area contributed by atoms with Crippen LogP contribution in [0.25, 0.3) is 0 Å². The van der Waals surface area contributed by atoms with Crippen molar-refractivity contribution in [1.29, 1.82) is 0 Å². The first kappa shape index (κ1) is 16.2. The molecule has 6 heteroatoms. The number of anilines is 1. The molecule has 118 valence electrons. The van der Waals surface area contributed by atoms with Crippen LogP contribution in [0, 0.1) is 13.8 Å². The highest BCUT2D eigenvalue weighted by Crippen LogP contribution is 2.06. The molecule has 0 saturated carbocycles. The van der Waals surface area contributed by atoms with E-state index in [1.807, 2.05) is 49.5 Å². The standard InChI is InChI=1S/C16H23N5O/c1-12-11-13(2)21(19-12)10-9-20(4)14(3)16(22)18-15-7-5-6-8-17-15/h5-8,11,14H,9-10H2,1-4H3,(H,17,18,22)/t14-/m1/s1. The Labute approximate surface area is 131 Å². The number of amides is 1. The van der Waals surface area contributed by atoms with Crippen LogP contribution in [0.5, 0.6) is 0 Å². The maximum Gasteiger partial charge on any atom is 0.242 e. The monoisotopic (exact) mass is 301 g/mol. The molecule has 0 aromatic carbocycles. The number of rotatable bonds is 6. The van der Waals surface area contributed by atoms with Crippen molar-refractivity contribution in [1.82, 2.24) is 19.7 Å². The van der Waals surface area contributed by atoms with Crippen LogP contribution in [-0.2, 0) is 11.3 Å². The van der Waals surface area contributed by atoms with Crippen molar-refractivity contribution in [2.24, 2.45) is 0 Å². The van der Waals surface area contributed by atoms with Gasteiger partial charge in [-0.3, -0.25) is 14.4 Å². The van der Waals surface area contributed by atoms with Gasteiger partial charge in [-0.15, -0.1) is 0 Å². The molecule has 1 atom stereocenters. The van der Waals surface area contributed by atoms with E-state index in [1.165, 1.54) is 0 Å². The highest BCUT2D eigenvalue weighted by molar-refractivity contribution is 5.93. The van der Waals surface area contributed by atoms with E-state index in [0.717, 1.165) is 24.5 Å². The number of likely N-dealkylation sites (N-methyl/N-ethyl adjacent to an activating group) is 1. The molecule has 1 amide bonds. The zero-order chi connectivity index (χ0) is 16.1. The van der Waals surface area contributed by atoms with E-state index in [-0.39, 0.29) is 11.9 Å². The van der Waals surface area contributed by atoms with E-state index in [0.29, 0.717) is 5.82 Å². The smallest absolute Gasteiger partial charge is 0.242 e. The van der Waals surface area contributed by atoms with Gasteiger partial charge in [0.05, 0.1) is 18.3 Å². The van der Waals surface area contributed by atoms with Gasteiger partial charge in [-0.2, -0.15) is 5.10 Å². The Morgan fingerprint density at radius 2 is 2.18 bits per heavy atom. The number of aromatic nitrogens is 3. The normalized spacial score (nSPS) is 12.4. The van der Waals surface area contributed by atoms with Gasteiger partial charge in [-0.05, 0) is 46.0 Å². The van der Waals surface area contributed by atoms with Gasteiger partial charge in [-0.1, -0.05) is 6.07 Å². The summed E-state index contributed by atoms with van der Waals surface area (Å²) < 4.78 is 1.97. The van der Waals surface area contributed by atoms with Gasteiger partial charge in [-0.25, -0.2) is 4.98 Å². The quantitative estimate of drug-likeness (QED) is 0.884. The van der Waals surface area contributed by atoms with E-state index >= 15 is 0 Å². The Bertz CT molecular complexity index is 623. The lowest BCUT2D eigenvalue weighted by molar-refractivity contribution is -0.120. The summed E-state index contributed by atoms with van der Waals surface area (Å²) in [4.78, 5) is 18.3. The predicted molar refractivity (Wildman–Crippen MR) is 86.7 cm³/mol. The summed E-state index contributed by atoms with van der Waals surface area (Å²) in [6, 6.07) is 7.26. The van der Waals surface area contributed by atoms with Crippen LogP contribution in [0.4, 0.5) is 5.82 Å². The summed E-state index contributed by atoms with van der Waals surface area (Å²) in [5.74, 6) is 0.515. The van der Waals surface area contributed by atoms with Gasteiger partial charge >= 0.3 is 0 Å². The molecule has 2 aromatic rings. The molecule has 0 aliphatic carbocycles. The lowest BCUT2D eigenvalue weighted by Crippen LogP contribution is -2.41. The zero-order valence-corrected chi connectivity index (χ0v) is 13.6. The molecule has 0 aliphatic heterocycles. The largest absolute Gasteiger partial charge is 0.309 e. The molecule has 6 nitrogen and oxygen atoms in total. The summed E-state index contributed by atoms with van der Waals surface area (Å²) in [6.45, 7) is 7.42. The van der Waals surface area contributed by atoms with Crippen molar-refractivity contribution >= 4 is 11.7 Å². The number of pyridine rings is 1. The number of nitrogens with zero attached hydrogens (tertiary/aromatic N) is 4. The fraction of sp³-hybridized carbons (Fsp3) is 0.438. The minimum Gasteiger partial charge on any atom is -0.309 e. The second-order valence-electron chi connectivity index (χ2n) is 5.51. The van der Waals surface area contributed by atoms with Crippen molar-refractivity contribution in [2.75, 3.05) is 18.9 Å². The average molecular weight is 301 g/mol. The second-order valence-corrected chi connectivity index (χ2v) is 5.51. The minimum atomic E-state index is -0.237. The third-order valence-corrected chi connectivity index (χ3v) is 3.72. The topological polar surface area (TPSA) is 63.1 Å². The Morgan fingerprint density at radius 3 is 2.77 bits per heavy atom. The lowest BCUT2D eigenvalue weighted by atomic mass is 10.2. The molecule has 22 heavy (non-hydrogen) atoms. The molecule has 0 spiro atoms. The average Bonchev–Trinajstić information content (AvgIpc) is 2.82. The first-order valence-electron chi connectivity index (χ1n) is 7.40. The van der Waals surface area contributed by atoms with Gasteiger partial charge in [0.1, 0.15) is 5.82 Å². The number of carbonyl (C=O) groups is 1. The minimum absolute atomic E-state index is 0.0606. The Morgan fingerprint density at radius 1 is 1.41 bits per heavy atom. The Kier molecular flexibility index (Phi) is 5.27. The van der Waals surface area contributed by atoms with Crippen molar-refractivity contribution in [2.45, 2.75) is 33.4 Å². The number of nitrogens with one attached hydrogen (secondary N) is 1. The Balaban J connectivity index is 1.87. The van der Waals surface area contributed by atoms with Crippen molar-refractivity contribution in [3.05, 3.63) is 41.9 Å². The van der Waals surface area contributed by atoms with Crippen LogP contribution in [0.2, 0.25) is 0 Å². The lowest BCUT2D eigenvalue weighted by Gasteiger charge is -2.23. The first-order valence-corrected chi connectivity index (χ1v) is 7.40. The number of carbonyl (C=O) groups excluding carboxylic acids is 1. The molecule has 0 fully saturated rings. The van der Waals surface area contributed by atoms with Crippen molar-refractivity contribution in [3.63, 3.8) is 0 Å². The summed E-state index contributed by atoms with van der Waals surface area (Å²) in [6.07, 6.45) is 1.66. The van der Waals surface area contributed by atoms with Gasteiger partial charge < -0.3 is 5.32 Å². The van der Waals surface area contributed by atoms with Crippen molar-refractivity contribution < 1.29 is 4.79 Å². The number of aryl methyl sites for hydroxylation is 2. The fourth-order valence-corrected chi connectivity index (χ4v) is 2.21. The van der Waals surface area contributed by atoms with E-state index < -0.39 is 0 Å². The predicted octanol–water partition coefficient (Wildman–Crippen LogP) is 1.85. The van der Waals surface area contributed by atoms with Crippen LogP contribution in [-0.4, -0.2) is 45.2 Å². The molecular weight excluding hydrogens is 278 g/mol. The van der Waals surface area contributed by atoms with Gasteiger partial charge in [0.15, 0.2) is 0 Å². The van der Waals surface area contributed by atoms with E-state index in [1.54, 1.807) is 12.3 Å². The summed E-state index contributed by atoms with van der Waals surface area (Å²) >= 11 is 0. The number of hydrogen-bond acceptors (Lipinski definition) is 4. The van der Waals surface area contributed by atoms with Gasteiger partial charge in [0.2, 0.25) is 5.91 Å². The third-order valence-electron chi connectivity index (χ3n) is 3.72. The van der Waals surface area contributed by atoms with Crippen molar-refractivity contribution in [3.8, 4) is 0 Å². The van der Waals surface area contributed by atoms with E-state index in [4.69, 9.17) is 0 Å². The van der Waals surface area contributed by atoms with E-state index in [2.05, 4.69) is 21.5 Å². The SMILES string of the molecule is Cc1cc(C)n(CCN(C)[C@H](C)C(=O)Nc2ccccn2)n1. The maximum atomic E-state index is 12.2. The van der Waals surface area contributed by atoms with Gasteiger partial charge in [0.25, 0.3) is 0 Å². The second kappa shape index (κ2) is 7.17. The summed E-state index contributed by atoms with van der Waals surface area (Å²) in [5, 5.41) is 7.26.